The van der Waals surface area contributed by atoms with Crippen molar-refractivity contribution in [3.8, 4) is 11.1 Å². The Hall–Kier alpha value is -3.39. The van der Waals surface area contributed by atoms with Gasteiger partial charge in [-0.05, 0) is 49.6 Å². The van der Waals surface area contributed by atoms with Gasteiger partial charge in [-0.3, -0.25) is 4.57 Å². The fraction of sp³-hybridized carbons (Fsp3) is 0.348. The van der Waals surface area contributed by atoms with Crippen LogP contribution in [0.2, 0.25) is 0 Å². The van der Waals surface area contributed by atoms with E-state index in [1.54, 1.807) is 33.9 Å². The molecule has 3 rings (SSSR count). The molecule has 0 fully saturated rings. The van der Waals surface area contributed by atoms with Gasteiger partial charge in [0.1, 0.15) is 17.4 Å². The van der Waals surface area contributed by atoms with Crippen molar-refractivity contribution in [3.05, 3.63) is 58.6 Å². The highest BCUT2D eigenvalue weighted by Crippen LogP contribution is 2.25. The predicted octanol–water partition coefficient (Wildman–Crippen LogP) is 2.76. The van der Waals surface area contributed by atoms with Gasteiger partial charge >= 0.3 is 11.8 Å². The van der Waals surface area contributed by atoms with E-state index >= 15 is 0 Å². The lowest BCUT2D eigenvalue weighted by Crippen LogP contribution is -2.57. The molecular weight excluding hydrogens is 398 g/mol. The Balaban J connectivity index is 1.81. The van der Waals surface area contributed by atoms with Crippen LogP contribution in [0.15, 0.2) is 51.7 Å². The zero-order valence-corrected chi connectivity index (χ0v) is 18.1. The van der Waals surface area contributed by atoms with E-state index in [4.69, 9.17) is 14.9 Å². The first-order valence-corrected chi connectivity index (χ1v) is 9.92. The van der Waals surface area contributed by atoms with Crippen molar-refractivity contribution >= 4 is 23.5 Å². The number of aromatic nitrogens is 1. The highest BCUT2D eigenvalue weighted by atomic mass is 16.6. The van der Waals surface area contributed by atoms with Crippen LogP contribution in [0.25, 0.3) is 22.2 Å². The van der Waals surface area contributed by atoms with Crippen molar-refractivity contribution in [3.63, 3.8) is 0 Å². The van der Waals surface area contributed by atoms with Crippen LogP contribution in [-0.4, -0.2) is 34.6 Å². The van der Waals surface area contributed by atoms with Crippen molar-refractivity contribution < 1.29 is 18.7 Å². The summed E-state index contributed by atoms with van der Waals surface area (Å²) >= 11 is 0. The number of oxazole rings is 1. The second-order valence-electron chi connectivity index (χ2n) is 8.59. The van der Waals surface area contributed by atoms with Gasteiger partial charge in [-0.15, -0.1) is 0 Å². The number of nitrogens with two attached hydrogens (primary N) is 1. The van der Waals surface area contributed by atoms with Crippen molar-refractivity contribution in [2.75, 3.05) is 6.54 Å². The van der Waals surface area contributed by atoms with Gasteiger partial charge < -0.3 is 25.0 Å². The highest BCUT2D eigenvalue weighted by Gasteiger charge is 2.32. The van der Waals surface area contributed by atoms with Crippen molar-refractivity contribution in [1.29, 1.82) is 0 Å². The molecule has 0 bridgehead atoms. The molecule has 8 heteroatoms. The number of hydrogen-bond acceptors (Lipinski definition) is 6. The highest BCUT2D eigenvalue weighted by molar-refractivity contribution is 5.81. The molecular formula is C23H27N3O5. The lowest BCUT2D eigenvalue weighted by atomic mass is 9.91. The van der Waals surface area contributed by atoms with E-state index in [0.29, 0.717) is 17.4 Å². The summed E-state index contributed by atoms with van der Waals surface area (Å²) in [5, 5.41) is 2.61. The average molecular weight is 425 g/mol. The second kappa shape index (κ2) is 8.39. The maximum atomic E-state index is 12.2. The molecule has 1 unspecified atom stereocenters. The van der Waals surface area contributed by atoms with Crippen molar-refractivity contribution in [1.82, 2.24) is 9.88 Å². The Kier molecular flexibility index (Phi) is 6.03. The maximum absolute atomic E-state index is 12.2. The first-order valence-electron chi connectivity index (χ1n) is 9.92. The number of rotatable bonds is 6. The number of nitrogens with one attached hydrogen (secondary N) is 1. The van der Waals surface area contributed by atoms with E-state index in [9.17, 15) is 14.4 Å². The summed E-state index contributed by atoms with van der Waals surface area (Å²) < 4.78 is 11.9. The van der Waals surface area contributed by atoms with Crippen LogP contribution in [0.3, 0.4) is 0 Å². The van der Waals surface area contributed by atoms with E-state index in [0.717, 1.165) is 16.7 Å². The van der Waals surface area contributed by atoms with Gasteiger partial charge in [0, 0.05) is 20.0 Å². The molecule has 0 aliphatic rings. The monoisotopic (exact) mass is 425 g/mol. The van der Waals surface area contributed by atoms with Crippen LogP contribution in [0.5, 0.6) is 0 Å². The quantitative estimate of drug-likeness (QED) is 0.587. The van der Waals surface area contributed by atoms with Crippen LogP contribution >= 0.6 is 0 Å². The Labute approximate surface area is 180 Å². The maximum Gasteiger partial charge on any atom is 0.419 e. The van der Waals surface area contributed by atoms with Gasteiger partial charge in [0.2, 0.25) is 0 Å². The number of aldehydes is 1. The predicted molar refractivity (Wildman–Crippen MR) is 118 cm³/mol. The third-order valence-electron chi connectivity index (χ3n) is 4.94. The number of amides is 1. The average Bonchev–Trinajstić information content (AvgIpc) is 3.00. The number of aryl methyl sites for hydroxylation is 1. The number of nitrogens with zero attached hydrogens (tertiary/aromatic N) is 1. The lowest BCUT2D eigenvalue weighted by Gasteiger charge is -2.29. The van der Waals surface area contributed by atoms with Crippen LogP contribution in [-0.2, 0) is 23.0 Å². The fourth-order valence-corrected chi connectivity index (χ4v) is 3.28. The standard InChI is InChI=1S/C23H27N3O5/c1-22(2,3)31-20(28)25-23(13-24,14-27)12-15-5-7-16(8-6-15)17-9-10-19-18(11-17)26(4)21(29)30-19/h5-11,14H,12-13,24H2,1-4H3,(H,25,28). The van der Waals surface area contributed by atoms with Crippen molar-refractivity contribution in [2.24, 2.45) is 12.8 Å². The number of ether oxygens (including phenoxy) is 1. The summed E-state index contributed by atoms with van der Waals surface area (Å²) in [7, 11) is 1.66. The number of carbonyl (C=O) groups excluding carboxylic acids is 2. The molecule has 3 N–H and O–H groups in total. The van der Waals surface area contributed by atoms with Gasteiger partial charge in [0.25, 0.3) is 0 Å². The fourth-order valence-electron chi connectivity index (χ4n) is 3.28. The first kappa shape index (κ1) is 22.3. The van der Waals surface area contributed by atoms with E-state index in [1.165, 1.54) is 4.57 Å². The van der Waals surface area contributed by atoms with E-state index < -0.39 is 23.0 Å². The molecule has 3 aromatic rings. The molecule has 2 aromatic carbocycles. The number of alkyl carbamates (subject to hydrolysis) is 1. The molecule has 1 atom stereocenters. The topological polar surface area (TPSA) is 117 Å². The summed E-state index contributed by atoms with van der Waals surface area (Å²) in [6, 6.07) is 13.1. The Morgan fingerprint density at radius 3 is 2.39 bits per heavy atom. The summed E-state index contributed by atoms with van der Waals surface area (Å²) in [6.07, 6.45) is 0.181. The molecule has 164 valence electrons. The number of hydrogen-bond donors (Lipinski definition) is 2. The summed E-state index contributed by atoms with van der Waals surface area (Å²) in [5.41, 5.74) is 7.79. The first-order chi connectivity index (χ1) is 14.6. The Morgan fingerprint density at radius 1 is 1.16 bits per heavy atom. The number of fused-ring (bicyclic) bond motifs is 1. The molecule has 0 spiro atoms. The minimum atomic E-state index is -1.27. The Morgan fingerprint density at radius 2 is 1.81 bits per heavy atom. The minimum Gasteiger partial charge on any atom is -0.444 e. The third kappa shape index (κ3) is 5.03. The summed E-state index contributed by atoms with van der Waals surface area (Å²) in [6.45, 7) is 5.17. The number of carbonyl (C=O) groups is 2. The Bertz CT molecular complexity index is 1150. The molecule has 0 radical (unpaired) electrons. The van der Waals surface area contributed by atoms with E-state index in [1.807, 2.05) is 36.4 Å². The summed E-state index contributed by atoms with van der Waals surface area (Å²) in [5.74, 6) is -0.410. The number of benzene rings is 2. The molecule has 0 aliphatic carbocycles. The minimum absolute atomic E-state index is 0.0668. The molecule has 1 amide bonds. The zero-order valence-electron chi connectivity index (χ0n) is 18.1. The van der Waals surface area contributed by atoms with E-state index in [2.05, 4.69) is 5.32 Å². The zero-order chi connectivity index (χ0) is 22.8. The van der Waals surface area contributed by atoms with Gasteiger partial charge in [0.15, 0.2) is 5.58 Å². The smallest absolute Gasteiger partial charge is 0.419 e. The van der Waals surface area contributed by atoms with E-state index in [-0.39, 0.29) is 13.0 Å². The van der Waals surface area contributed by atoms with Crippen LogP contribution in [0, 0.1) is 0 Å². The normalized spacial score (nSPS) is 13.6. The van der Waals surface area contributed by atoms with Gasteiger partial charge in [-0.25, -0.2) is 9.59 Å². The molecule has 1 heterocycles. The van der Waals surface area contributed by atoms with Gasteiger partial charge in [0.05, 0.1) is 5.52 Å². The molecule has 0 saturated heterocycles. The van der Waals surface area contributed by atoms with Gasteiger partial charge in [-0.1, -0.05) is 30.3 Å². The molecule has 31 heavy (non-hydrogen) atoms. The third-order valence-corrected chi connectivity index (χ3v) is 4.94. The molecule has 0 saturated carbocycles. The van der Waals surface area contributed by atoms with Crippen LogP contribution in [0.1, 0.15) is 26.3 Å². The second-order valence-corrected chi connectivity index (χ2v) is 8.59. The summed E-state index contributed by atoms with van der Waals surface area (Å²) in [4.78, 5) is 35.7. The van der Waals surface area contributed by atoms with Crippen LogP contribution < -0.4 is 16.8 Å². The van der Waals surface area contributed by atoms with Crippen molar-refractivity contribution in [2.45, 2.75) is 38.3 Å². The lowest BCUT2D eigenvalue weighted by molar-refractivity contribution is -0.113. The van der Waals surface area contributed by atoms with Crippen LogP contribution in [0.4, 0.5) is 4.79 Å². The molecule has 8 nitrogen and oxygen atoms in total. The SMILES string of the molecule is Cn1c(=O)oc2ccc(-c3ccc(CC(C=O)(CN)NC(=O)OC(C)(C)C)cc3)cc21. The molecule has 0 aliphatic heterocycles. The molecule has 1 aromatic heterocycles. The largest absolute Gasteiger partial charge is 0.444 e. The van der Waals surface area contributed by atoms with Gasteiger partial charge in [-0.2, -0.15) is 0 Å².